The van der Waals surface area contributed by atoms with Crippen LogP contribution in [0.5, 0.6) is 0 Å². The van der Waals surface area contributed by atoms with Crippen LogP contribution in [0.3, 0.4) is 0 Å². The molecule has 1 unspecified atom stereocenters. The zero-order chi connectivity index (χ0) is 28.8. The lowest BCUT2D eigenvalue weighted by molar-refractivity contribution is -0.131. The smallest absolute Gasteiger partial charge is 0.242 e. The number of aromatic nitrogens is 1. The molecule has 5 nitrogen and oxygen atoms in total. The van der Waals surface area contributed by atoms with Gasteiger partial charge in [-0.3, -0.25) is 4.79 Å². The number of hydrogen-bond donors (Lipinski definition) is 0. The monoisotopic (exact) mass is 606 g/mol. The van der Waals surface area contributed by atoms with Gasteiger partial charge < -0.3 is 14.7 Å². The summed E-state index contributed by atoms with van der Waals surface area (Å²) < 4.78 is 0. The van der Waals surface area contributed by atoms with Gasteiger partial charge in [0.15, 0.2) is 0 Å². The number of amides is 1. The Morgan fingerprint density at radius 3 is 2.29 bits per heavy atom. The quantitative estimate of drug-likeness (QED) is 0.171. The van der Waals surface area contributed by atoms with E-state index in [0.29, 0.717) is 21.7 Å². The first-order chi connectivity index (χ1) is 19.9. The highest BCUT2D eigenvalue weighted by molar-refractivity contribution is 6.42. The van der Waals surface area contributed by atoms with Crippen molar-refractivity contribution in [2.75, 3.05) is 38.1 Å². The molecule has 8 heteroatoms. The maximum absolute atomic E-state index is 14.0. The van der Waals surface area contributed by atoms with Gasteiger partial charge in [0.05, 0.1) is 22.6 Å². The van der Waals surface area contributed by atoms with Crippen molar-refractivity contribution in [1.82, 2.24) is 14.8 Å². The van der Waals surface area contributed by atoms with E-state index < -0.39 is 0 Å². The molecule has 0 radical (unpaired) electrons. The molecule has 0 spiro atoms. The number of likely N-dealkylation sites (tertiary alicyclic amines) is 1. The fourth-order valence-corrected chi connectivity index (χ4v) is 5.78. The molecule has 0 aliphatic carbocycles. The third-order valence-corrected chi connectivity index (χ3v) is 8.60. The third-order valence-electron chi connectivity index (χ3n) is 7.66. The minimum Gasteiger partial charge on any atom is -0.358 e. The van der Waals surface area contributed by atoms with Crippen molar-refractivity contribution in [3.8, 4) is 11.1 Å². The zero-order valence-corrected chi connectivity index (χ0v) is 25.3. The van der Waals surface area contributed by atoms with Gasteiger partial charge in [0.2, 0.25) is 5.91 Å². The van der Waals surface area contributed by atoms with E-state index in [9.17, 15) is 4.79 Å². The van der Waals surface area contributed by atoms with Crippen LogP contribution in [0.2, 0.25) is 15.2 Å². The predicted molar refractivity (Wildman–Crippen MR) is 170 cm³/mol. The van der Waals surface area contributed by atoms with Gasteiger partial charge in [0, 0.05) is 32.0 Å². The summed E-state index contributed by atoms with van der Waals surface area (Å²) in [5.74, 6) is 0.0289. The van der Waals surface area contributed by atoms with Crippen molar-refractivity contribution in [3.05, 3.63) is 117 Å². The minimum atomic E-state index is -0.0944. The highest BCUT2D eigenvalue weighted by Crippen LogP contribution is 2.30. The fourth-order valence-electron chi connectivity index (χ4n) is 5.31. The molecule has 0 saturated carbocycles. The number of halogens is 3. The molecule has 1 fully saturated rings. The van der Waals surface area contributed by atoms with Gasteiger partial charge in [-0.2, -0.15) is 0 Å². The van der Waals surface area contributed by atoms with Crippen molar-refractivity contribution in [2.24, 2.45) is 0 Å². The van der Waals surface area contributed by atoms with Crippen molar-refractivity contribution in [3.63, 3.8) is 0 Å². The van der Waals surface area contributed by atoms with E-state index in [4.69, 9.17) is 34.8 Å². The van der Waals surface area contributed by atoms with E-state index in [1.54, 1.807) is 12.3 Å². The average Bonchev–Trinajstić information content (AvgIpc) is 3.51. The number of hydrogen-bond acceptors (Lipinski definition) is 4. The van der Waals surface area contributed by atoms with Crippen LogP contribution in [-0.4, -0.2) is 53.9 Å². The molecule has 3 aromatic carbocycles. The second-order valence-electron chi connectivity index (χ2n) is 10.5. The Hall–Kier alpha value is -3.09. The molecule has 4 aromatic rings. The Balaban J connectivity index is 1.40. The van der Waals surface area contributed by atoms with Gasteiger partial charge in [-0.1, -0.05) is 89.4 Å². The topological polar surface area (TPSA) is 39.7 Å². The highest BCUT2D eigenvalue weighted by atomic mass is 35.5. The summed E-state index contributed by atoms with van der Waals surface area (Å²) in [6, 6.07) is 27.8. The number of carbonyl (C=O) groups excluding carboxylic acids is 1. The van der Waals surface area contributed by atoms with Gasteiger partial charge in [-0.25, -0.2) is 4.98 Å². The standard InChI is InChI=1S/C33H33Cl3N4O/c1-38(33(41)23-40(21-24-7-3-2-4-8-24)28-13-14-29(34)30(35)20-28)31(22-39-17-5-6-18-39)26-11-9-25(10-12-26)27-15-16-37-32(36)19-27/h2-4,7-16,19-20,31H,5-6,17-18,21-23H2,1H3. The average molecular weight is 608 g/mol. The predicted octanol–water partition coefficient (Wildman–Crippen LogP) is 8.01. The number of likely N-dealkylation sites (N-methyl/N-ethyl adjacent to an activating group) is 1. The van der Waals surface area contributed by atoms with Crippen molar-refractivity contribution in [2.45, 2.75) is 25.4 Å². The SMILES string of the molecule is CN(C(=O)CN(Cc1ccccc1)c1ccc(Cl)c(Cl)c1)C(CN1CCCC1)c1ccc(-c2ccnc(Cl)c2)cc1. The van der Waals surface area contributed by atoms with E-state index in [1.807, 2.05) is 54.4 Å². The van der Waals surface area contributed by atoms with Crippen molar-refractivity contribution < 1.29 is 4.79 Å². The lowest BCUT2D eigenvalue weighted by Crippen LogP contribution is -2.43. The maximum atomic E-state index is 14.0. The largest absolute Gasteiger partial charge is 0.358 e. The molecule has 5 rings (SSSR count). The van der Waals surface area contributed by atoms with E-state index in [2.05, 4.69) is 51.2 Å². The Bertz CT molecular complexity index is 1460. The number of rotatable bonds is 10. The van der Waals surface area contributed by atoms with E-state index in [0.717, 1.165) is 47.6 Å². The van der Waals surface area contributed by atoms with Crippen LogP contribution in [-0.2, 0) is 11.3 Å². The Morgan fingerprint density at radius 1 is 0.878 bits per heavy atom. The highest BCUT2D eigenvalue weighted by Gasteiger charge is 2.27. The Kier molecular flexibility index (Phi) is 9.84. The van der Waals surface area contributed by atoms with Crippen LogP contribution in [0.1, 0.15) is 30.0 Å². The Labute approximate surface area is 257 Å². The van der Waals surface area contributed by atoms with Gasteiger partial charge >= 0.3 is 0 Å². The second-order valence-corrected chi connectivity index (χ2v) is 11.7. The van der Waals surface area contributed by atoms with Gasteiger partial charge in [-0.05, 0) is 78.5 Å². The number of benzene rings is 3. The molecule has 2 heterocycles. The number of anilines is 1. The first-order valence-electron chi connectivity index (χ1n) is 13.8. The van der Waals surface area contributed by atoms with Crippen LogP contribution in [0.15, 0.2) is 91.1 Å². The van der Waals surface area contributed by atoms with E-state index in [1.165, 1.54) is 12.8 Å². The molecule has 41 heavy (non-hydrogen) atoms. The van der Waals surface area contributed by atoms with Gasteiger partial charge in [0.1, 0.15) is 5.15 Å². The number of pyridine rings is 1. The number of carbonyl (C=O) groups is 1. The van der Waals surface area contributed by atoms with E-state index in [-0.39, 0.29) is 18.5 Å². The molecular weight excluding hydrogens is 575 g/mol. The molecule has 1 atom stereocenters. The summed E-state index contributed by atoms with van der Waals surface area (Å²) in [5.41, 5.74) is 5.12. The lowest BCUT2D eigenvalue weighted by atomic mass is 10.00. The summed E-state index contributed by atoms with van der Waals surface area (Å²) in [4.78, 5) is 24.5. The van der Waals surface area contributed by atoms with Crippen LogP contribution < -0.4 is 4.90 Å². The maximum Gasteiger partial charge on any atom is 0.242 e. The molecular formula is C33H33Cl3N4O. The molecule has 1 saturated heterocycles. The molecule has 212 valence electrons. The van der Waals surface area contributed by atoms with Crippen molar-refractivity contribution in [1.29, 1.82) is 0 Å². The molecule has 1 aromatic heterocycles. The number of nitrogens with zero attached hydrogens (tertiary/aromatic N) is 4. The molecule has 0 bridgehead atoms. The van der Waals surface area contributed by atoms with Gasteiger partial charge in [-0.15, -0.1) is 0 Å². The van der Waals surface area contributed by atoms with Crippen LogP contribution >= 0.6 is 34.8 Å². The summed E-state index contributed by atoms with van der Waals surface area (Å²) in [6.07, 6.45) is 4.09. The Morgan fingerprint density at radius 2 is 1.61 bits per heavy atom. The zero-order valence-electron chi connectivity index (χ0n) is 23.0. The second kappa shape index (κ2) is 13.7. The van der Waals surface area contributed by atoms with Crippen LogP contribution in [0.4, 0.5) is 5.69 Å². The third kappa shape index (κ3) is 7.60. The molecule has 1 amide bonds. The first kappa shape index (κ1) is 29.4. The van der Waals surface area contributed by atoms with E-state index >= 15 is 0 Å². The summed E-state index contributed by atoms with van der Waals surface area (Å²) in [5, 5.41) is 1.41. The summed E-state index contributed by atoms with van der Waals surface area (Å²) in [6.45, 7) is 3.66. The summed E-state index contributed by atoms with van der Waals surface area (Å²) in [7, 11) is 1.91. The lowest BCUT2D eigenvalue weighted by Gasteiger charge is -2.34. The first-order valence-corrected chi connectivity index (χ1v) is 14.9. The van der Waals surface area contributed by atoms with Crippen LogP contribution in [0.25, 0.3) is 11.1 Å². The van der Waals surface area contributed by atoms with Crippen molar-refractivity contribution >= 4 is 46.4 Å². The normalized spacial score (nSPS) is 14.1. The van der Waals surface area contributed by atoms with Gasteiger partial charge in [0.25, 0.3) is 0 Å². The fraction of sp³-hybridized carbons (Fsp3) is 0.273. The molecule has 1 aliphatic rings. The minimum absolute atomic E-state index is 0.0289. The molecule has 0 N–H and O–H groups in total. The molecule has 1 aliphatic heterocycles. The summed E-state index contributed by atoms with van der Waals surface area (Å²) >= 11 is 18.7. The van der Waals surface area contributed by atoms with Crippen LogP contribution in [0, 0.1) is 0 Å².